The number of nitrogens with two attached hydrogens (primary N) is 1. The molecule has 20 heavy (non-hydrogen) atoms. The Hall–Kier alpha value is -0.610. The zero-order valence-electron chi connectivity index (χ0n) is 13.2. The maximum atomic E-state index is 11.8. The highest BCUT2D eigenvalue weighted by molar-refractivity contribution is 5.75. The van der Waals surface area contributed by atoms with Crippen molar-refractivity contribution in [3.05, 3.63) is 0 Å². The van der Waals surface area contributed by atoms with Gasteiger partial charge in [0.05, 0.1) is 12.7 Å². The van der Waals surface area contributed by atoms with Gasteiger partial charge >= 0.3 is 0 Å². The van der Waals surface area contributed by atoms with Gasteiger partial charge in [-0.1, -0.05) is 26.7 Å². The van der Waals surface area contributed by atoms with E-state index in [0.29, 0.717) is 44.1 Å². The van der Waals surface area contributed by atoms with Crippen molar-refractivity contribution in [1.82, 2.24) is 5.32 Å². The third-order valence-electron chi connectivity index (χ3n) is 4.30. The molecule has 3 N–H and O–H groups in total. The van der Waals surface area contributed by atoms with Crippen LogP contribution in [0.1, 0.15) is 58.8 Å². The molecule has 1 atom stereocenters. The monoisotopic (exact) mass is 284 g/mol. The van der Waals surface area contributed by atoms with Crippen molar-refractivity contribution in [3.8, 4) is 0 Å². The van der Waals surface area contributed by atoms with E-state index in [1.54, 1.807) is 0 Å². The zero-order valence-corrected chi connectivity index (χ0v) is 13.2. The van der Waals surface area contributed by atoms with Crippen LogP contribution in [0.4, 0.5) is 0 Å². The first-order valence-corrected chi connectivity index (χ1v) is 8.21. The summed E-state index contributed by atoms with van der Waals surface area (Å²) >= 11 is 0. The average Bonchev–Trinajstić information content (AvgIpc) is 2.92. The van der Waals surface area contributed by atoms with Gasteiger partial charge in [0, 0.05) is 13.0 Å². The van der Waals surface area contributed by atoms with Crippen molar-refractivity contribution in [2.75, 3.05) is 19.7 Å². The third-order valence-corrected chi connectivity index (χ3v) is 4.30. The molecule has 0 heterocycles. The van der Waals surface area contributed by atoms with E-state index in [0.717, 1.165) is 12.8 Å². The summed E-state index contributed by atoms with van der Waals surface area (Å²) in [5, 5.41) is 2.95. The van der Waals surface area contributed by atoms with Crippen molar-refractivity contribution in [1.29, 1.82) is 0 Å². The van der Waals surface area contributed by atoms with Gasteiger partial charge in [-0.15, -0.1) is 0 Å². The van der Waals surface area contributed by atoms with E-state index in [1.165, 1.54) is 25.7 Å². The van der Waals surface area contributed by atoms with E-state index in [2.05, 4.69) is 19.2 Å². The van der Waals surface area contributed by atoms with E-state index in [9.17, 15) is 4.79 Å². The van der Waals surface area contributed by atoms with Crippen LogP contribution in [-0.4, -0.2) is 31.7 Å². The van der Waals surface area contributed by atoms with E-state index >= 15 is 0 Å². The van der Waals surface area contributed by atoms with Gasteiger partial charge in [0.1, 0.15) is 0 Å². The van der Waals surface area contributed by atoms with Crippen LogP contribution >= 0.6 is 0 Å². The Kier molecular flexibility index (Phi) is 8.86. The van der Waals surface area contributed by atoms with Gasteiger partial charge < -0.3 is 15.8 Å². The molecule has 4 heteroatoms. The van der Waals surface area contributed by atoms with Crippen LogP contribution in [-0.2, 0) is 9.53 Å². The molecular formula is C16H32N2O2. The highest BCUT2D eigenvalue weighted by Crippen LogP contribution is 2.21. The van der Waals surface area contributed by atoms with Crippen LogP contribution in [0.2, 0.25) is 0 Å². The maximum absolute atomic E-state index is 11.8. The third kappa shape index (κ3) is 7.25. The van der Waals surface area contributed by atoms with E-state index in [-0.39, 0.29) is 5.91 Å². The lowest BCUT2D eigenvalue weighted by Crippen LogP contribution is -2.29. The molecular weight excluding hydrogens is 252 g/mol. The van der Waals surface area contributed by atoms with Crippen LogP contribution in [0.15, 0.2) is 0 Å². The van der Waals surface area contributed by atoms with E-state index in [4.69, 9.17) is 10.5 Å². The molecule has 1 saturated carbocycles. The lowest BCUT2D eigenvalue weighted by molar-refractivity contribution is -0.121. The second kappa shape index (κ2) is 10.2. The molecule has 1 aliphatic rings. The molecule has 1 amide bonds. The molecule has 0 aliphatic heterocycles. The first-order valence-electron chi connectivity index (χ1n) is 8.21. The maximum Gasteiger partial charge on any atom is 0.220 e. The fraction of sp³-hybridized carbons (Fsp3) is 0.938. The molecule has 4 nitrogen and oxygen atoms in total. The second-order valence-corrected chi connectivity index (χ2v) is 6.25. The summed E-state index contributed by atoms with van der Waals surface area (Å²) in [5.41, 5.74) is 5.61. The molecule has 0 saturated heterocycles. The summed E-state index contributed by atoms with van der Waals surface area (Å²) in [5.74, 6) is 1.29. The van der Waals surface area contributed by atoms with Crippen LogP contribution < -0.4 is 11.1 Å². The van der Waals surface area contributed by atoms with Gasteiger partial charge in [-0.25, -0.2) is 0 Å². The van der Waals surface area contributed by atoms with Crippen molar-refractivity contribution in [2.24, 2.45) is 17.6 Å². The van der Waals surface area contributed by atoms with Crippen LogP contribution in [0.5, 0.6) is 0 Å². The topological polar surface area (TPSA) is 64.4 Å². The number of amides is 1. The Morgan fingerprint density at radius 3 is 2.60 bits per heavy atom. The number of ether oxygens (including phenoxy) is 1. The second-order valence-electron chi connectivity index (χ2n) is 6.25. The van der Waals surface area contributed by atoms with Crippen molar-refractivity contribution in [2.45, 2.75) is 64.9 Å². The van der Waals surface area contributed by atoms with Gasteiger partial charge in [0.25, 0.3) is 0 Å². The summed E-state index contributed by atoms with van der Waals surface area (Å²) < 4.78 is 5.72. The highest BCUT2D eigenvalue weighted by atomic mass is 16.5. The number of hydrogen-bond donors (Lipinski definition) is 2. The van der Waals surface area contributed by atoms with Gasteiger partial charge in [0.15, 0.2) is 0 Å². The molecule has 1 fully saturated rings. The zero-order chi connectivity index (χ0) is 14.8. The van der Waals surface area contributed by atoms with E-state index < -0.39 is 0 Å². The predicted octanol–water partition coefficient (Wildman–Crippen LogP) is 2.46. The van der Waals surface area contributed by atoms with Crippen molar-refractivity contribution >= 4 is 5.91 Å². The Balaban J connectivity index is 2.03. The highest BCUT2D eigenvalue weighted by Gasteiger charge is 2.16. The fourth-order valence-electron chi connectivity index (χ4n) is 2.90. The van der Waals surface area contributed by atoms with Gasteiger partial charge in [-0.2, -0.15) is 0 Å². The summed E-state index contributed by atoms with van der Waals surface area (Å²) in [6.45, 7) is 6.40. The quantitative estimate of drug-likeness (QED) is 0.606. The number of hydrogen-bond acceptors (Lipinski definition) is 3. The predicted molar refractivity (Wildman–Crippen MR) is 82.5 cm³/mol. The number of carbonyl (C=O) groups excluding carboxylic acids is 1. The molecule has 1 rings (SSSR count). The summed E-state index contributed by atoms with van der Waals surface area (Å²) in [6, 6.07) is 0. The van der Waals surface area contributed by atoms with Crippen molar-refractivity contribution < 1.29 is 9.53 Å². The number of nitrogens with one attached hydrogen (secondary N) is 1. The standard InChI is InChI=1S/C16H32N2O2/c1-13(2)14(9-10-17)7-8-16(19)18-11-12-20-15-5-3-4-6-15/h13-15H,3-12,17H2,1-2H3,(H,18,19). The van der Waals surface area contributed by atoms with Gasteiger partial charge in [-0.3, -0.25) is 4.79 Å². The molecule has 0 aromatic carbocycles. The number of rotatable bonds is 10. The minimum Gasteiger partial charge on any atom is -0.376 e. The van der Waals surface area contributed by atoms with Crippen LogP contribution in [0, 0.1) is 11.8 Å². The smallest absolute Gasteiger partial charge is 0.220 e. The SMILES string of the molecule is CC(C)C(CCN)CCC(=O)NCCOC1CCCC1. The Morgan fingerprint density at radius 2 is 2.00 bits per heavy atom. The summed E-state index contributed by atoms with van der Waals surface area (Å²) in [7, 11) is 0. The first-order chi connectivity index (χ1) is 9.63. The molecule has 1 unspecified atom stereocenters. The minimum atomic E-state index is 0.141. The van der Waals surface area contributed by atoms with Crippen LogP contribution in [0.25, 0.3) is 0 Å². The molecule has 0 spiro atoms. The summed E-state index contributed by atoms with van der Waals surface area (Å²) in [4.78, 5) is 11.8. The minimum absolute atomic E-state index is 0.141. The Bertz CT molecular complexity index is 263. The molecule has 0 aromatic heterocycles. The summed E-state index contributed by atoms with van der Waals surface area (Å²) in [6.07, 6.45) is 7.92. The molecule has 0 radical (unpaired) electrons. The Morgan fingerprint density at radius 1 is 1.30 bits per heavy atom. The van der Waals surface area contributed by atoms with Crippen LogP contribution in [0.3, 0.4) is 0 Å². The van der Waals surface area contributed by atoms with Gasteiger partial charge in [0.2, 0.25) is 5.91 Å². The lowest BCUT2D eigenvalue weighted by Gasteiger charge is -2.19. The molecule has 118 valence electrons. The molecule has 0 bridgehead atoms. The lowest BCUT2D eigenvalue weighted by atomic mass is 9.88. The Labute approximate surface area is 123 Å². The van der Waals surface area contributed by atoms with Gasteiger partial charge in [-0.05, 0) is 44.1 Å². The number of carbonyl (C=O) groups is 1. The normalized spacial score (nSPS) is 17.6. The van der Waals surface area contributed by atoms with E-state index in [1.807, 2.05) is 0 Å². The first kappa shape index (κ1) is 17.4. The van der Waals surface area contributed by atoms with Crippen molar-refractivity contribution in [3.63, 3.8) is 0 Å². The molecule has 1 aliphatic carbocycles. The largest absolute Gasteiger partial charge is 0.376 e. The average molecular weight is 284 g/mol. The molecule has 0 aromatic rings. The fourth-order valence-corrected chi connectivity index (χ4v) is 2.90.